The molecule has 0 aliphatic heterocycles. The summed E-state index contributed by atoms with van der Waals surface area (Å²) in [6, 6.07) is 8.46. The van der Waals surface area contributed by atoms with E-state index in [2.05, 4.69) is 15.6 Å². The third-order valence-corrected chi connectivity index (χ3v) is 3.23. The number of halogens is 1. The molecule has 22 heavy (non-hydrogen) atoms. The zero-order valence-electron chi connectivity index (χ0n) is 12.0. The first-order chi connectivity index (χ1) is 10.5. The van der Waals surface area contributed by atoms with Crippen LogP contribution >= 0.6 is 23.8 Å². The van der Waals surface area contributed by atoms with Crippen LogP contribution in [0.3, 0.4) is 0 Å². The number of hydrogen-bond donors (Lipinski definition) is 2. The van der Waals surface area contributed by atoms with Crippen molar-refractivity contribution in [1.29, 1.82) is 0 Å². The number of anilines is 1. The monoisotopic (exact) mass is 335 g/mol. The van der Waals surface area contributed by atoms with Crippen molar-refractivity contribution in [2.45, 2.75) is 6.92 Å². The average Bonchev–Trinajstić information content (AvgIpc) is 2.47. The van der Waals surface area contributed by atoms with Crippen LogP contribution in [0.15, 0.2) is 36.5 Å². The van der Waals surface area contributed by atoms with Gasteiger partial charge in [0.2, 0.25) is 0 Å². The Bertz CT molecular complexity index is 722. The van der Waals surface area contributed by atoms with Gasteiger partial charge in [-0.1, -0.05) is 11.6 Å². The molecule has 2 rings (SSSR count). The zero-order valence-corrected chi connectivity index (χ0v) is 13.6. The summed E-state index contributed by atoms with van der Waals surface area (Å²) in [5.41, 5.74) is 1.33. The normalized spacial score (nSPS) is 9.95. The summed E-state index contributed by atoms with van der Waals surface area (Å²) < 4.78 is 5.14. The highest BCUT2D eigenvalue weighted by Gasteiger charge is 2.14. The maximum Gasteiger partial charge on any atom is 0.261 e. The number of pyridine rings is 1. The van der Waals surface area contributed by atoms with E-state index in [9.17, 15) is 4.79 Å². The van der Waals surface area contributed by atoms with Gasteiger partial charge in [0, 0.05) is 11.2 Å². The number of rotatable bonds is 3. The van der Waals surface area contributed by atoms with E-state index in [1.54, 1.807) is 18.3 Å². The molecule has 0 unspecified atom stereocenters. The minimum atomic E-state index is -0.412. The Balaban J connectivity index is 2.08. The first kappa shape index (κ1) is 16.2. The Kier molecular flexibility index (Phi) is 5.30. The molecular formula is C15H14ClN3O2S. The molecule has 0 spiro atoms. The number of carbonyl (C=O) groups is 1. The third kappa shape index (κ3) is 4.16. The van der Waals surface area contributed by atoms with E-state index in [0.717, 1.165) is 5.56 Å². The Morgan fingerprint density at radius 3 is 2.77 bits per heavy atom. The number of thiocarbonyl (C=S) groups is 1. The average molecular weight is 336 g/mol. The quantitative estimate of drug-likeness (QED) is 0.843. The largest absolute Gasteiger partial charge is 0.496 e. The topological polar surface area (TPSA) is 63.2 Å². The second-order valence-corrected chi connectivity index (χ2v) is 5.32. The van der Waals surface area contributed by atoms with Gasteiger partial charge in [-0.25, -0.2) is 4.98 Å². The van der Waals surface area contributed by atoms with E-state index < -0.39 is 5.91 Å². The Morgan fingerprint density at radius 2 is 2.09 bits per heavy atom. The molecular weight excluding hydrogens is 322 g/mol. The molecule has 0 radical (unpaired) electrons. The predicted octanol–water partition coefficient (Wildman–Crippen LogP) is 3.18. The van der Waals surface area contributed by atoms with Crippen molar-refractivity contribution >= 4 is 40.7 Å². The van der Waals surface area contributed by atoms with Gasteiger partial charge < -0.3 is 10.1 Å². The Labute approximate surface area is 138 Å². The van der Waals surface area contributed by atoms with Crippen LogP contribution < -0.4 is 15.4 Å². The van der Waals surface area contributed by atoms with Crippen molar-refractivity contribution in [3.63, 3.8) is 0 Å². The molecule has 0 saturated heterocycles. The standard InChI is InChI=1S/C15H14ClN3O2S/c1-9-5-6-17-13(7-9)18-15(22)19-14(20)11-8-10(16)3-4-12(11)21-2/h3-8H,1-2H3,(H2,17,18,19,20,22). The van der Waals surface area contributed by atoms with Crippen molar-refractivity contribution < 1.29 is 9.53 Å². The minimum absolute atomic E-state index is 0.144. The van der Waals surface area contributed by atoms with Crippen molar-refractivity contribution in [2.75, 3.05) is 12.4 Å². The number of aromatic nitrogens is 1. The van der Waals surface area contributed by atoms with Gasteiger partial charge in [0.15, 0.2) is 5.11 Å². The summed E-state index contributed by atoms with van der Waals surface area (Å²) in [5, 5.41) is 6.00. The number of hydrogen-bond acceptors (Lipinski definition) is 4. The van der Waals surface area contributed by atoms with Crippen LogP contribution in [0.5, 0.6) is 5.75 Å². The van der Waals surface area contributed by atoms with Gasteiger partial charge in [0.1, 0.15) is 11.6 Å². The van der Waals surface area contributed by atoms with Crippen LogP contribution in [0.4, 0.5) is 5.82 Å². The van der Waals surface area contributed by atoms with Gasteiger partial charge in [-0.2, -0.15) is 0 Å². The highest BCUT2D eigenvalue weighted by atomic mass is 35.5. The number of ether oxygens (including phenoxy) is 1. The van der Waals surface area contributed by atoms with Crippen molar-refractivity contribution in [1.82, 2.24) is 10.3 Å². The Morgan fingerprint density at radius 1 is 1.32 bits per heavy atom. The van der Waals surface area contributed by atoms with E-state index in [-0.39, 0.29) is 5.11 Å². The van der Waals surface area contributed by atoms with Crippen molar-refractivity contribution in [2.24, 2.45) is 0 Å². The van der Waals surface area contributed by atoms with Crippen LogP contribution in [-0.2, 0) is 0 Å². The maximum atomic E-state index is 12.2. The molecule has 1 amide bonds. The molecule has 0 fully saturated rings. The molecule has 0 aliphatic carbocycles. The van der Waals surface area contributed by atoms with Crippen molar-refractivity contribution in [3.05, 3.63) is 52.7 Å². The first-order valence-electron chi connectivity index (χ1n) is 6.38. The van der Waals surface area contributed by atoms with Crippen LogP contribution in [0.25, 0.3) is 0 Å². The fourth-order valence-electron chi connectivity index (χ4n) is 1.78. The SMILES string of the molecule is COc1ccc(Cl)cc1C(=O)NC(=S)Nc1cc(C)ccn1. The van der Waals surface area contributed by atoms with Gasteiger partial charge in [0.05, 0.1) is 12.7 Å². The number of nitrogens with zero attached hydrogens (tertiary/aromatic N) is 1. The molecule has 2 N–H and O–H groups in total. The second kappa shape index (κ2) is 7.20. The third-order valence-electron chi connectivity index (χ3n) is 2.79. The molecule has 1 aromatic heterocycles. The number of nitrogens with one attached hydrogen (secondary N) is 2. The maximum absolute atomic E-state index is 12.2. The summed E-state index contributed by atoms with van der Waals surface area (Å²) >= 11 is 11.0. The smallest absolute Gasteiger partial charge is 0.261 e. The lowest BCUT2D eigenvalue weighted by atomic mass is 10.2. The lowest BCUT2D eigenvalue weighted by Crippen LogP contribution is -2.34. The number of amides is 1. The number of methoxy groups -OCH3 is 1. The number of aryl methyl sites for hydroxylation is 1. The molecule has 114 valence electrons. The van der Waals surface area contributed by atoms with E-state index in [1.807, 2.05) is 19.1 Å². The predicted molar refractivity (Wildman–Crippen MR) is 90.7 cm³/mol. The molecule has 1 heterocycles. The van der Waals surface area contributed by atoms with E-state index in [1.165, 1.54) is 13.2 Å². The number of benzene rings is 1. The minimum Gasteiger partial charge on any atom is -0.496 e. The van der Waals surface area contributed by atoms with Crippen molar-refractivity contribution in [3.8, 4) is 5.75 Å². The van der Waals surface area contributed by atoms with E-state index >= 15 is 0 Å². The van der Waals surface area contributed by atoms with Crippen LogP contribution in [0.1, 0.15) is 15.9 Å². The van der Waals surface area contributed by atoms with E-state index in [4.69, 9.17) is 28.6 Å². The van der Waals surface area contributed by atoms with Gasteiger partial charge in [-0.3, -0.25) is 10.1 Å². The first-order valence-corrected chi connectivity index (χ1v) is 7.17. The van der Waals surface area contributed by atoms with Gasteiger partial charge in [-0.15, -0.1) is 0 Å². The van der Waals surface area contributed by atoms with Gasteiger partial charge in [-0.05, 0) is 55.0 Å². The molecule has 0 saturated carbocycles. The van der Waals surface area contributed by atoms with E-state index in [0.29, 0.717) is 22.2 Å². The molecule has 2 aromatic rings. The summed E-state index contributed by atoms with van der Waals surface area (Å²) in [6.07, 6.45) is 1.65. The summed E-state index contributed by atoms with van der Waals surface area (Å²) in [7, 11) is 1.48. The summed E-state index contributed by atoms with van der Waals surface area (Å²) in [6.45, 7) is 1.94. The Hall–Kier alpha value is -2.18. The highest BCUT2D eigenvalue weighted by molar-refractivity contribution is 7.80. The lowest BCUT2D eigenvalue weighted by molar-refractivity contribution is 0.0975. The molecule has 5 nitrogen and oxygen atoms in total. The number of carbonyl (C=O) groups excluding carboxylic acids is 1. The molecule has 1 aromatic carbocycles. The van der Waals surface area contributed by atoms with Crippen LogP contribution in [0.2, 0.25) is 5.02 Å². The fourth-order valence-corrected chi connectivity index (χ4v) is 2.15. The highest BCUT2D eigenvalue weighted by Crippen LogP contribution is 2.22. The van der Waals surface area contributed by atoms with Gasteiger partial charge in [0.25, 0.3) is 5.91 Å². The summed E-state index contributed by atoms with van der Waals surface area (Å²) in [4.78, 5) is 16.4. The van der Waals surface area contributed by atoms with Crippen LogP contribution in [-0.4, -0.2) is 23.1 Å². The second-order valence-electron chi connectivity index (χ2n) is 4.47. The zero-order chi connectivity index (χ0) is 16.1. The van der Waals surface area contributed by atoms with Gasteiger partial charge >= 0.3 is 0 Å². The molecule has 0 bridgehead atoms. The molecule has 7 heteroatoms. The fraction of sp³-hybridized carbons (Fsp3) is 0.133. The molecule has 0 aliphatic rings. The molecule has 0 atom stereocenters. The lowest BCUT2D eigenvalue weighted by Gasteiger charge is -2.11. The van der Waals surface area contributed by atoms with Crippen LogP contribution in [0, 0.1) is 6.92 Å². The summed E-state index contributed by atoms with van der Waals surface area (Å²) in [5.74, 6) is 0.561.